The van der Waals surface area contributed by atoms with Gasteiger partial charge in [0.05, 0.1) is 6.10 Å². The molecular weight excluding hydrogens is 240 g/mol. The maximum absolute atomic E-state index is 9.45. The van der Waals surface area contributed by atoms with Crippen molar-refractivity contribution in [3.05, 3.63) is 33.8 Å². The van der Waals surface area contributed by atoms with Crippen LogP contribution in [0, 0.1) is 6.92 Å². The zero-order valence-electron chi connectivity index (χ0n) is 8.76. The summed E-state index contributed by atoms with van der Waals surface area (Å²) in [6, 6.07) is 6.39. The summed E-state index contributed by atoms with van der Waals surface area (Å²) in [5.74, 6) is 0. The van der Waals surface area contributed by atoms with Gasteiger partial charge in [-0.15, -0.1) is 0 Å². The molecule has 14 heavy (non-hydrogen) atoms. The molecule has 1 aromatic rings. The molecule has 1 unspecified atom stereocenters. The number of hydrogen-bond acceptors (Lipinski definition) is 1. The third kappa shape index (κ3) is 3.81. The lowest BCUT2D eigenvalue weighted by molar-refractivity contribution is 0.160. The molecule has 0 fully saturated rings. The number of rotatable bonds is 4. The van der Waals surface area contributed by atoms with Crippen molar-refractivity contribution in [3.63, 3.8) is 0 Å². The minimum atomic E-state index is -0.158. The molecule has 0 spiro atoms. The molecule has 1 aromatic carbocycles. The molecule has 0 heterocycles. The van der Waals surface area contributed by atoms with E-state index in [1.165, 1.54) is 11.1 Å². The minimum Gasteiger partial charge on any atom is -0.393 e. The molecule has 1 atom stereocenters. The van der Waals surface area contributed by atoms with Gasteiger partial charge in [0.25, 0.3) is 0 Å². The first-order valence-electron chi connectivity index (χ1n) is 5.06. The van der Waals surface area contributed by atoms with E-state index in [0.29, 0.717) is 0 Å². The number of aryl methyl sites for hydroxylation is 2. The Morgan fingerprint density at radius 1 is 1.36 bits per heavy atom. The molecule has 78 valence electrons. The van der Waals surface area contributed by atoms with Crippen LogP contribution in [0.5, 0.6) is 0 Å². The highest BCUT2D eigenvalue weighted by atomic mass is 79.9. The summed E-state index contributed by atoms with van der Waals surface area (Å²) in [6.07, 6.45) is 2.49. The Morgan fingerprint density at radius 2 is 2.07 bits per heavy atom. The fourth-order valence-corrected chi connectivity index (χ4v) is 2.15. The van der Waals surface area contributed by atoms with Crippen LogP contribution in [0.4, 0.5) is 0 Å². The second-order valence-electron chi connectivity index (χ2n) is 3.74. The maximum Gasteiger partial charge on any atom is 0.0540 e. The van der Waals surface area contributed by atoms with E-state index in [9.17, 15) is 5.11 Å². The summed E-state index contributed by atoms with van der Waals surface area (Å²) in [5, 5.41) is 9.45. The van der Waals surface area contributed by atoms with Gasteiger partial charge in [-0.3, -0.25) is 0 Å². The van der Waals surface area contributed by atoms with E-state index in [2.05, 4.69) is 41.1 Å². The van der Waals surface area contributed by atoms with Crippen LogP contribution in [0.3, 0.4) is 0 Å². The van der Waals surface area contributed by atoms with Crippen molar-refractivity contribution in [1.29, 1.82) is 0 Å². The fourth-order valence-electron chi connectivity index (χ4n) is 1.49. The smallest absolute Gasteiger partial charge is 0.0540 e. The van der Waals surface area contributed by atoms with Gasteiger partial charge in [-0.1, -0.05) is 28.9 Å². The van der Waals surface area contributed by atoms with Gasteiger partial charge in [-0.2, -0.15) is 0 Å². The van der Waals surface area contributed by atoms with Gasteiger partial charge in [-0.25, -0.2) is 0 Å². The largest absolute Gasteiger partial charge is 0.393 e. The van der Waals surface area contributed by atoms with Crippen LogP contribution in [0.15, 0.2) is 22.7 Å². The summed E-state index contributed by atoms with van der Waals surface area (Å²) in [5.41, 5.74) is 2.56. The van der Waals surface area contributed by atoms with Crippen LogP contribution in [0.1, 0.15) is 30.9 Å². The first-order valence-corrected chi connectivity index (χ1v) is 5.85. The van der Waals surface area contributed by atoms with E-state index < -0.39 is 0 Å². The number of halogens is 1. The Hall–Kier alpha value is -0.340. The van der Waals surface area contributed by atoms with Gasteiger partial charge in [0, 0.05) is 4.47 Å². The lowest BCUT2D eigenvalue weighted by atomic mass is 10.0. The molecule has 1 N–H and O–H groups in total. The molecule has 0 amide bonds. The molecule has 0 aliphatic heterocycles. The minimum absolute atomic E-state index is 0.158. The van der Waals surface area contributed by atoms with Crippen LogP contribution in [-0.2, 0) is 6.42 Å². The van der Waals surface area contributed by atoms with Crippen molar-refractivity contribution >= 4 is 15.9 Å². The van der Waals surface area contributed by atoms with Crippen molar-refractivity contribution in [2.45, 2.75) is 39.2 Å². The van der Waals surface area contributed by atoms with Crippen LogP contribution >= 0.6 is 15.9 Å². The summed E-state index contributed by atoms with van der Waals surface area (Å²) in [4.78, 5) is 0. The highest BCUT2D eigenvalue weighted by Crippen LogP contribution is 2.17. The molecule has 0 bridgehead atoms. The van der Waals surface area contributed by atoms with Crippen molar-refractivity contribution < 1.29 is 5.11 Å². The number of benzene rings is 1. The Morgan fingerprint density at radius 3 is 2.64 bits per heavy atom. The van der Waals surface area contributed by atoms with Crippen molar-refractivity contribution in [2.24, 2.45) is 0 Å². The zero-order valence-corrected chi connectivity index (χ0v) is 10.3. The first kappa shape index (κ1) is 11.7. The first-order chi connectivity index (χ1) is 6.61. The quantitative estimate of drug-likeness (QED) is 0.875. The van der Waals surface area contributed by atoms with E-state index in [0.717, 1.165) is 23.7 Å². The van der Waals surface area contributed by atoms with E-state index in [1.54, 1.807) is 0 Å². The number of aliphatic hydroxyl groups is 1. The predicted octanol–water partition coefficient (Wildman–Crippen LogP) is 3.46. The van der Waals surface area contributed by atoms with E-state index in [1.807, 2.05) is 6.92 Å². The van der Waals surface area contributed by atoms with Gasteiger partial charge in [0.2, 0.25) is 0 Å². The standard InChI is InChI=1S/C12H17BrO/c1-3-12(14)5-4-10-6-9(2)7-11(13)8-10/h6-8,12,14H,3-5H2,1-2H3. The molecule has 0 saturated carbocycles. The SMILES string of the molecule is CCC(O)CCc1cc(C)cc(Br)c1. The lowest BCUT2D eigenvalue weighted by Gasteiger charge is -2.08. The molecule has 2 heteroatoms. The van der Waals surface area contributed by atoms with Crippen LogP contribution in [0.25, 0.3) is 0 Å². The highest BCUT2D eigenvalue weighted by molar-refractivity contribution is 9.10. The van der Waals surface area contributed by atoms with Gasteiger partial charge in [-0.05, 0) is 49.4 Å². The average molecular weight is 257 g/mol. The normalized spacial score (nSPS) is 12.9. The Kier molecular flexibility index (Phi) is 4.63. The molecule has 0 aliphatic rings. The monoisotopic (exact) mass is 256 g/mol. The lowest BCUT2D eigenvalue weighted by Crippen LogP contribution is -2.05. The fraction of sp³-hybridized carbons (Fsp3) is 0.500. The van der Waals surface area contributed by atoms with E-state index in [4.69, 9.17) is 0 Å². The van der Waals surface area contributed by atoms with Crippen molar-refractivity contribution in [2.75, 3.05) is 0 Å². The van der Waals surface area contributed by atoms with Crippen molar-refractivity contribution in [3.8, 4) is 0 Å². The molecule has 1 rings (SSSR count). The van der Waals surface area contributed by atoms with Gasteiger partial charge in [0.1, 0.15) is 0 Å². The molecular formula is C12H17BrO. The number of hydrogen-bond donors (Lipinski definition) is 1. The Labute approximate surface area is 94.3 Å². The second-order valence-corrected chi connectivity index (χ2v) is 4.65. The summed E-state index contributed by atoms with van der Waals surface area (Å²) < 4.78 is 1.12. The number of aliphatic hydroxyl groups excluding tert-OH is 1. The maximum atomic E-state index is 9.45. The predicted molar refractivity (Wildman–Crippen MR) is 63.5 cm³/mol. The van der Waals surface area contributed by atoms with E-state index >= 15 is 0 Å². The molecule has 0 radical (unpaired) electrons. The average Bonchev–Trinajstić information content (AvgIpc) is 2.12. The second kappa shape index (κ2) is 5.52. The van der Waals surface area contributed by atoms with Crippen LogP contribution in [0.2, 0.25) is 0 Å². The third-order valence-electron chi connectivity index (χ3n) is 2.34. The molecule has 0 aromatic heterocycles. The summed E-state index contributed by atoms with van der Waals surface area (Å²) in [7, 11) is 0. The van der Waals surface area contributed by atoms with Crippen molar-refractivity contribution in [1.82, 2.24) is 0 Å². The Bertz CT molecular complexity index is 276. The summed E-state index contributed by atoms with van der Waals surface area (Å²) in [6.45, 7) is 4.10. The zero-order chi connectivity index (χ0) is 10.6. The topological polar surface area (TPSA) is 20.2 Å². The van der Waals surface area contributed by atoms with Gasteiger partial charge >= 0.3 is 0 Å². The molecule has 0 saturated heterocycles. The van der Waals surface area contributed by atoms with Gasteiger partial charge in [0.15, 0.2) is 0 Å². The van der Waals surface area contributed by atoms with Crippen LogP contribution in [-0.4, -0.2) is 11.2 Å². The van der Waals surface area contributed by atoms with Gasteiger partial charge < -0.3 is 5.11 Å². The summed E-state index contributed by atoms with van der Waals surface area (Å²) >= 11 is 3.47. The van der Waals surface area contributed by atoms with Crippen LogP contribution < -0.4 is 0 Å². The third-order valence-corrected chi connectivity index (χ3v) is 2.80. The van der Waals surface area contributed by atoms with E-state index in [-0.39, 0.29) is 6.10 Å². The molecule has 0 aliphatic carbocycles. The molecule has 1 nitrogen and oxygen atoms in total. The Balaban J connectivity index is 2.58. The highest BCUT2D eigenvalue weighted by Gasteiger charge is 2.02.